The summed E-state index contributed by atoms with van der Waals surface area (Å²) in [5.41, 5.74) is 7.11. The zero-order valence-electron chi connectivity index (χ0n) is 12.2. The number of benzene rings is 1. The molecule has 116 valence electrons. The molecule has 0 unspecified atom stereocenters. The molecule has 0 atom stereocenters. The van der Waals surface area contributed by atoms with Crippen molar-refractivity contribution in [3.63, 3.8) is 0 Å². The van der Waals surface area contributed by atoms with Gasteiger partial charge in [-0.2, -0.15) is 10.4 Å². The van der Waals surface area contributed by atoms with E-state index in [1.54, 1.807) is 24.3 Å². The molecule has 0 radical (unpaired) electrons. The molecule has 3 N–H and O–H groups in total. The molecule has 0 aliphatic rings. The van der Waals surface area contributed by atoms with Gasteiger partial charge in [0.1, 0.15) is 17.5 Å². The molecule has 1 aromatic carbocycles. The molecular weight excluding hydrogens is 302 g/mol. The number of nitrogens with two attached hydrogens (primary N) is 1. The summed E-state index contributed by atoms with van der Waals surface area (Å²) in [6, 6.07) is 8.64. The summed E-state index contributed by atoms with van der Waals surface area (Å²) in [6.07, 6.45) is 2.78. The molecule has 8 heteroatoms. The standard InChI is InChI=1S/C14H17N5O2S/c1-2-3-7-22(20,21)18-12-5-4-6-13(8-12)19-14(16)11(9-15)10-17-19/h4-6,8,10,18H,2-3,7,16H2,1H3. The number of nitrogens with one attached hydrogen (secondary N) is 1. The Bertz CT molecular complexity index is 805. The molecule has 0 spiro atoms. The van der Waals surface area contributed by atoms with Gasteiger partial charge >= 0.3 is 0 Å². The van der Waals surface area contributed by atoms with Crippen molar-refractivity contribution in [1.29, 1.82) is 5.26 Å². The van der Waals surface area contributed by atoms with Crippen LogP contribution in [0.1, 0.15) is 25.3 Å². The lowest BCUT2D eigenvalue weighted by atomic mass is 10.3. The average Bonchev–Trinajstić information content (AvgIpc) is 2.86. The minimum Gasteiger partial charge on any atom is -0.382 e. The summed E-state index contributed by atoms with van der Waals surface area (Å²) in [7, 11) is -3.37. The second-order valence-corrected chi connectivity index (χ2v) is 6.63. The van der Waals surface area contributed by atoms with E-state index in [9.17, 15) is 8.42 Å². The molecule has 1 aromatic heterocycles. The molecule has 0 fully saturated rings. The SMILES string of the molecule is CCCCS(=O)(=O)Nc1cccc(-n2ncc(C#N)c2N)c1. The van der Waals surface area contributed by atoms with Crippen LogP contribution in [0, 0.1) is 11.3 Å². The van der Waals surface area contributed by atoms with Gasteiger partial charge in [0.2, 0.25) is 10.0 Å². The number of hydrogen-bond donors (Lipinski definition) is 2. The first kappa shape index (κ1) is 15.9. The number of nitrogen functional groups attached to an aromatic ring is 1. The maximum Gasteiger partial charge on any atom is 0.232 e. The van der Waals surface area contributed by atoms with E-state index in [0.29, 0.717) is 17.8 Å². The summed E-state index contributed by atoms with van der Waals surface area (Å²) in [6.45, 7) is 1.93. The summed E-state index contributed by atoms with van der Waals surface area (Å²) in [5, 5.41) is 12.9. The summed E-state index contributed by atoms with van der Waals surface area (Å²) < 4.78 is 27.8. The topological polar surface area (TPSA) is 114 Å². The fourth-order valence-electron chi connectivity index (χ4n) is 1.92. The molecule has 0 amide bonds. The van der Waals surface area contributed by atoms with Crippen molar-refractivity contribution in [2.75, 3.05) is 16.2 Å². The Morgan fingerprint density at radius 2 is 2.23 bits per heavy atom. The maximum atomic E-state index is 11.9. The Labute approximate surface area is 129 Å². The smallest absolute Gasteiger partial charge is 0.232 e. The Balaban J connectivity index is 2.27. The first-order chi connectivity index (χ1) is 10.5. The van der Waals surface area contributed by atoms with Crippen LogP contribution in [0.5, 0.6) is 0 Å². The minimum atomic E-state index is -3.37. The van der Waals surface area contributed by atoms with Crippen molar-refractivity contribution in [1.82, 2.24) is 9.78 Å². The van der Waals surface area contributed by atoms with E-state index in [1.165, 1.54) is 10.9 Å². The third-order valence-corrected chi connectivity index (χ3v) is 4.43. The molecule has 22 heavy (non-hydrogen) atoms. The summed E-state index contributed by atoms with van der Waals surface area (Å²) >= 11 is 0. The zero-order chi connectivity index (χ0) is 16.2. The Hall–Kier alpha value is -2.53. The normalized spacial score (nSPS) is 11.1. The number of nitriles is 1. The van der Waals surface area contributed by atoms with Crippen LogP contribution in [-0.4, -0.2) is 24.0 Å². The van der Waals surface area contributed by atoms with Crippen molar-refractivity contribution in [3.8, 4) is 11.8 Å². The third kappa shape index (κ3) is 3.56. The molecule has 7 nitrogen and oxygen atoms in total. The molecule has 0 saturated carbocycles. The number of sulfonamides is 1. The highest BCUT2D eigenvalue weighted by molar-refractivity contribution is 7.92. The van der Waals surface area contributed by atoms with Gasteiger partial charge in [-0.25, -0.2) is 13.1 Å². The second kappa shape index (κ2) is 6.49. The number of hydrogen-bond acceptors (Lipinski definition) is 5. The van der Waals surface area contributed by atoms with Gasteiger partial charge < -0.3 is 5.73 Å². The van der Waals surface area contributed by atoms with Crippen molar-refractivity contribution in [2.45, 2.75) is 19.8 Å². The highest BCUT2D eigenvalue weighted by Gasteiger charge is 2.12. The lowest BCUT2D eigenvalue weighted by Gasteiger charge is -2.10. The molecule has 2 aromatic rings. The highest BCUT2D eigenvalue weighted by Crippen LogP contribution is 2.20. The van der Waals surface area contributed by atoms with E-state index in [2.05, 4.69) is 9.82 Å². The van der Waals surface area contributed by atoms with Crippen LogP contribution >= 0.6 is 0 Å². The van der Waals surface area contributed by atoms with Crippen LogP contribution in [0.25, 0.3) is 5.69 Å². The van der Waals surface area contributed by atoms with E-state index >= 15 is 0 Å². The van der Waals surface area contributed by atoms with E-state index in [0.717, 1.165) is 6.42 Å². The fourth-order valence-corrected chi connectivity index (χ4v) is 3.17. The van der Waals surface area contributed by atoms with E-state index in [4.69, 9.17) is 11.0 Å². The van der Waals surface area contributed by atoms with Crippen LogP contribution in [-0.2, 0) is 10.0 Å². The first-order valence-corrected chi connectivity index (χ1v) is 8.46. The number of nitrogens with zero attached hydrogens (tertiary/aromatic N) is 3. The first-order valence-electron chi connectivity index (χ1n) is 6.81. The van der Waals surface area contributed by atoms with E-state index in [-0.39, 0.29) is 17.1 Å². The van der Waals surface area contributed by atoms with Crippen molar-refractivity contribution < 1.29 is 8.42 Å². The summed E-state index contributed by atoms with van der Waals surface area (Å²) in [5.74, 6) is 0.296. The number of aromatic nitrogens is 2. The van der Waals surface area contributed by atoms with Crippen LogP contribution in [0.15, 0.2) is 30.5 Å². The third-order valence-electron chi connectivity index (χ3n) is 3.06. The number of rotatable bonds is 6. The minimum absolute atomic E-state index is 0.0796. The van der Waals surface area contributed by atoms with Crippen LogP contribution in [0.3, 0.4) is 0 Å². The maximum absolute atomic E-state index is 11.9. The molecular formula is C14H17N5O2S. The van der Waals surface area contributed by atoms with Gasteiger partial charge in [0.15, 0.2) is 0 Å². The lowest BCUT2D eigenvalue weighted by Crippen LogP contribution is -2.16. The Morgan fingerprint density at radius 1 is 1.45 bits per heavy atom. The van der Waals surface area contributed by atoms with Gasteiger partial charge in [-0.3, -0.25) is 4.72 Å². The number of unbranched alkanes of at least 4 members (excludes halogenated alkanes) is 1. The number of anilines is 2. The second-order valence-electron chi connectivity index (χ2n) is 4.79. The van der Waals surface area contributed by atoms with Gasteiger partial charge in [0.25, 0.3) is 0 Å². The predicted molar refractivity (Wildman–Crippen MR) is 85.0 cm³/mol. The highest BCUT2D eigenvalue weighted by atomic mass is 32.2. The van der Waals surface area contributed by atoms with Gasteiger partial charge in [0.05, 0.1) is 23.3 Å². The monoisotopic (exact) mass is 319 g/mol. The molecule has 1 heterocycles. The molecule has 2 rings (SSSR count). The van der Waals surface area contributed by atoms with Crippen molar-refractivity contribution >= 4 is 21.5 Å². The van der Waals surface area contributed by atoms with Gasteiger partial charge in [-0.15, -0.1) is 0 Å². The van der Waals surface area contributed by atoms with Gasteiger partial charge in [-0.1, -0.05) is 19.4 Å². The lowest BCUT2D eigenvalue weighted by molar-refractivity contribution is 0.598. The average molecular weight is 319 g/mol. The largest absolute Gasteiger partial charge is 0.382 e. The Kier molecular flexibility index (Phi) is 4.68. The molecule has 0 saturated heterocycles. The van der Waals surface area contributed by atoms with E-state index in [1.807, 2.05) is 13.0 Å². The summed E-state index contributed by atoms with van der Waals surface area (Å²) in [4.78, 5) is 0. The van der Waals surface area contributed by atoms with E-state index < -0.39 is 10.0 Å². The van der Waals surface area contributed by atoms with Crippen LogP contribution < -0.4 is 10.5 Å². The van der Waals surface area contributed by atoms with Crippen molar-refractivity contribution in [3.05, 3.63) is 36.0 Å². The quantitative estimate of drug-likeness (QED) is 0.843. The predicted octanol–water partition coefficient (Wildman–Crippen LogP) is 1.87. The molecule has 0 aliphatic carbocycles. The van der Waals surface area contributed by atoms with Crippen LogP contribution in [0.2, 0.25) is 0 Å². The molecule has 0 aliphatic heterocycles. The van der Waals surface area contributed by atoms with Gasteiger partial charge in [0, 0.05) is 0 Å². The van der Waals surface area contributed by atoms with Crippen molar-refractivity contribution in [2.24, 2.45) is 0 Å². The fraction of sp³-hybridized carbons (Fsp3) is 0.286. The Morgan fingerprint density at radius 3 is 2.86 bits per heavy atom. The zero-order valence-corrected chi connectivity index (χ0v) is 13.0. The van der Waals surface area contributed by atoms with Crippen LogP contribution in [0.4, 0.5) is 11.5 Å². The molecule has 0 bridgehead atoms. The van der Waals surface area contributed by atoms with Gasteiger partial charge in [-0.05, 0) is 24.6 Å².